The summed E-state index contributed by atoms with van der Waals surface area (Å²) in [6, 6.07) is 10.8. The third-order valence-electron chi connectivity index (χ3n) is 3.38. The molecule has 0 unspecified atom stereocenters. The van der Waals surface area contributed by atoms with Gasteiger partial charge in [-0.2, -0.15) is 5.26 Å². The van der Waals surface area contributed by atoms with Crippen LogP contribution in [0.5, 0.6) is 5.75 Å². The summed E-state index contributed by atoms with van der Waals surface area (Å²) in [6.45, 7) is 0. The molecule has 3 nitrogen and oxygen atoms in total. The number of hydrogen-bond donors (Lipinski definition) is 1. The molecule has 0 amide bonds. The SMILES string of the molecule is COc1ccccc1NC1CCC(C#N)CC1. The van der Waals surface area contributed by atoms with Crippen molar-refractivity contribution in [3.05, 3.63) is 24.3 Å². The van der Waals surface area contributed by atoms with Gasteiger partial charge in [0.1, 0.15) is 5.75 Å². The first-order chi connectivity index (χ1) is 8.33. The number of anilines is 1. The molecule has 1 aromatic carbocycles. The zero-order valence-corrected chi connectivity index (χ0v) is 10.1. The Morgan fingerprint density at radius 1 is 1.24 bits per heavy atom. The van der Waals surface area contributed by atoms with Gasteiger partial charge >= 0.3 is 0 Å². The highest BCUT2D eigenvalue weighted by Crippen LogP contribution is 2.29. The summed E-state index contributed by atoms with van der Waals surface area (Å²) in [4.78, 5) is 0. The van der Waals surface area contributed by atoms with E-state index in [1.165, 1.54) is 0 Å². The first-order valence-electron chi connectivity index (χ1n) is 6.12. The van der Waals surface area contributed by atoms with Crippen LogP contribution in [0, 0.1) is 17.2 Å². The molecule has 0 heterocycles. The van der Waals surface area contributed by atoms with E-state index >= 15 is 0 Å². The summed E-state index contributed by atoms with van der Waals surface area (Å²) in [5, 5.41) is 12.4. The van der Waals surface area contributed by atoms with E-state index in [1.807, 2.05) is 24.3 Å². The quantitative estimate of drug-likeness (QED) is 0.867. The van der Waals surface area contributed by atoms with Gasteiger partial charge in [0.15, 0.2) is 0 Å². The van der Waals surface area contributed by atoms with Crippen molar-refractivity contribution in [2.45, 2.75) is 31.7 Å². The first-order valence-corrected chi connectivity index (χ1v) is 6.12. The van der Waals surface area contributed by atoms with Crippen molar-refractivity contribution in [1.82, 2.24) is 0 Å². The van der Waals surface area contributed by atoms with Crippen LogP contribution in [0.4, 0.5) is 5.69 Å². The largest absolute Gasteiger partial charge is 0.495 e. The average Bonchev–Trinajstić information content (AvgIpc) is 2.40. The second-order valence-corrected chi connectivity index (χ2v) is 4.52. The summed E-state index contributed by atoms with van der Waals surface area (Å²) < 4.78 is 5.31. The van der Waals surface area contributed by atoms with Crippen LogP contribution in [0.1, 0.15) is 25.7 Å². The fourth-order valence-corrected chi connectivity index (χ4v) is 2.35. The molecule has 1 N–H and O–H groups in total. The summed E-state index contributed by atoms with van der Waals surface area (Å²) in [6.07, 6.45) is 4.14. The Morgan fingerprint density at radius 2 is 1.94 bits per heavy atom. The lowest BCUT2D eigenvalue weighted by Crippen LogP contribution is -2.25. The van der Waals surface area contributed by atoms with E-state index in [-0.39, 0.29) is 5.92 Å². The Kier molecular flexibility index (Phi) is 3.87. The third-order valence-corrected chi connectivity index (χ3v) is 3.38. The van der Waals surface area contributed by atoms with Crippen LogP contribution in [0.15, 0.2) is 24.3 Å². The maximum Gasteiger partial charge on any atom is 0.141 e. The molecular weight excluding hydrogens is 212 g/mol. The van der Waals surface area contributed by atoms with E-state index in [0.717, 1.165) is 37.1 Å². The highest BCUT2D eigenvalue weighted by Gasteiger charge is 2.21. The Labute approximate surface area is 102 Å². The molecule has 3 heteroatoms. The summed E-state index contributed by atoms with van der Waals surface area (Å²) >= 11 is 0. The maximum absolute atomic E-state index is 8.86. The van der Waals surface area contributed by atoms with Crippen molar-refractivity contribution in [2.24, 2.45) is 5.92 Å². The topological polar surface area (TPSA) is 45.0 Å². The summed E-state index contributed by atoms with van der Waals surface area (Å²) in [7, 11) is 1.69. The lowest BCUT2D eigenvalue weighted by Gasteiger charge is -2.27. The number of hydrogen-bond acceptors (Lipinski definition) is 3. The van der Waals surface area contributed by atoms with Gasteiger partial charge in [-0.3, -0.25) is 0 Å². The van der Waals surface area contributed by atoms with E-state index in [1.54, 1.807) is 7.11 Å². The number of nitrogens with zero attached hydrogens (tertiary/aromatic N) is 1. The van der Waals surface area contributed by atoms with Gasteiger partial charge < -0.3 is 10.1 Å². The van der Waals surface area contributed by atoms with Crippen molar-refractivity contribution in [3.8, 4) is 11.8 Å². The van der Waals surface area contributed by atoms with Gasteiger partial charge in [0.2, 0.25) is 0 Å². The van der Waals surface area contributed by atoms with Crippen LogP contribution in [0.2, 0.25) is 0 Å². The number of nitriles is 1. The summed E-state index contributed by atoms with van der Waals surface area (Å²) in [5.74, 6) is 1.14. The molecule has 1 fully saturated rings. The predicted octanol–water partition coefficient (Wildman–Crippen LogP) is 3.19. The van der Waals surface area contributed by atoms with Gasteiger partial charge in [0.25, 0.3) is 0 Å². The second kappa shape index (κ2) is 5.58. The predicted molar refractivity (Wildman–Crippen MR) is 68.0 cm³/mol. The molecule has 1 aliphatic carbocycles. The van der Waals surface area contributed by atoms with Crippen molar-refractivity contribution in [1.29, 1.82) is 5.26 Å². The minimum Gasteiger partial charge on any atom is -0.495 e. The minimum absolute atomic E-state index is 0.255. The van der Waals surface area contributed by atoms with Gasteiger partial charge in [-0.05, 0) is 37.8 Å². The zero-order chi connectivity index (χ0) is 12.1. The Hall–Kier alpha value is -1.69. The molecule has 0 radical (unpaired) electrons. The molecule has 0 aromatic heterocycles. The highest BCUT2D eigenvalue weighted by molar-refractivity contribution is 5.56. The van der Waals surface area contributed by atoms with Crippen LogP contribution in [0.25, 0.3) is 0 Å². The van der Waals surface area contributed by atoms with Crippen molar-refractivity contribution in [3.63, 3.8) is 0 Å². The molecule has 2 rings (SSSR count). The molecule has 1 aliphatic rings. The fourth-order valence-electron chi connectivity index (χ4n) is 2.35. The minimum atomic E-state index is 0.255. The smallest absolute Gasteiger partial charge is 0.141 e. The summed E-state index contributed by atoms with van der Waals surface area (Å²) in [5.41, 5.74) is 1.05. The van der Waals surface area contributed by atoms with Crippen LogP contribution < -0.4 is 10.1 Å². The molecule has 1 saturated carbocycles. The van der Waals surface area contributed by atoms with Crippen molar-refractivity contribution in [2.75, 3.05) is 12.4 Å². The van der Waals surface area contributed by atoms with Crippen LogP contribution in [-0.2, 0) is 0 Å². The number of para-hydroxylation sites is 2. The number of nitrogens with one attached hydrogen (secondary N) is 1. The van der Waals surface area contributed by atoms with Crippen LogP contribution in [0.3, 0.4) is 0 Å². The van der Waals surface area contributed by atoms with Gasteiger partial charge in [-0.1, -0.05) is 12.1 Å². The Balaban J connectivity index is 1.96. The van der Waals surface area contributed by atoms with E-state index < -0.39 is 0 Å². The molecule has 17 heavy (non-hydrogen) atoms. The Morgan fingerprint density at radius 3 is 2.59 bits per heavy atom. The molecule has 0 aliphatic heterocycles. The number of ether oxygens (including phenoxy) is 1. The van der Waals surface area contributed by atoms with Crippen LogP contribution >= 0.6 is 0 Å². The molecule has 0 saturated heterocycles. The molecule has 90 valence electrons. The molecule has 1 aromatic rings. The van der Waals surface area contributed by atoms with Crippen molar-refractivity contribution >= 4 is 5.69 Å². The average molecular weight is 230 g/mol. The normalized spacial score (nSPS) is 23.8. The first kappa shape index (κ1) is 11.8. The van der Waals surface area contributed by atoms with Crippen LogP contribution in [-0.4, -0.2) is 13.2 Å². The molecular formula is C14H18N2O. The van der Waals surface area contributed by atoms with Gasteiger partial charge in [0.05, 0.1) is 18.9 Å². The van der Waals surface area contributed by atoms with Gasteiger partial charge in [-0.15, -0.1) is 0 Å². The molecule has 0 atom stereocenters. The molecule has 0 spiro atoms. The van der Waals surface area contributed by atoms with E-state index in [0.29, 0.717) is 6.04 Å². The second-order valence-electron chi connectivity index (χ2n) is 4.52. The fraction of sp³-hybridized carbons (Fsp3) is 0.500. The van der Waals surface area contributed by atoms with E-state index in [9.17, 15) is 0 Å². The standard InChI is InChI=1S/C14H18N2O/c1-17-14-5-3-2-4-13(14)16-12-8-6-11(10-15)7-9-12/h2-5,11-12,16H,6-9H2,1H3. The van der Waals surface area contributed by atoms with Gasteiger partial charge in [0, 0.05) is 12.0 Å². The third kappa shape index (κ3) is 2.91. The lowest BCUT2D eigenvalue weighted by molar-refractivity contribution is 0.392. The highest BCUT2D eigenvalue weighted by atomic mass is 16.5. The monoisotopic (exact) mass is 230 g/mol. The lowest BCUT2D eigenvalue weighted by atomic mass is 9.87. The van der Waals surface area contributed by atoms with Crippen molar-refractivity contribution < 1.29 is 4.74 Å². The number of methoxy groups -OCH3 is 1. The number of benzene rings is 1. The number of rotatable bonds is 3. The zero-order valence-electron chi connectivity index (χ0n) is 10.1. The maximum atomic E-state index is 8.86. The van der Waals surface area contributed by atoms with Gasteiger partial charge in [-0.25, -0.2) is 0 Å². The Bertz CT molecular complexity index is 403. The van der Waals surface area contributed by atoms with E-state index in [4.69, 9.17) is 10.00 Å². The molecule has 0 bridgehead atoms. The van der Waals surface area contributed by atoms with E-state index in [2.05, 4.69) is 11.4 Å².